The number of rotatable bonds is 2. The molecule has 20 heavy (non-hydrogen) atoms. The molecule has 1 aromatic heterocycles. The number of nitrogens with two attached hydrogens (primary N) is 1. The molecule has 0 unspecified atom stereocenters. The normalized spacial score (nSPS) is 11.4. The predicted molar refractivity (Wildman–Crippen MR) is 63.2 cm³/mol. The summed E-state index contributed by atoms with van der Waals surface area (Å²) in [7, 11) is 0. The van der Waals surface area contributed by atoms with Crippen molar-refractivity contribution < 1.29 is 22.4 Å². The van der Waals surface area contributed by atoms with Crippen LogP contribution in [-0.2, 0) is 6.18 Å². The third-order valence-corrected chi connectivity index (χ3v) is 2.56. The van der Waals surface area contributed by atoms with Gasteiger partial charge in [0.25, 0.3) is 0 Å². The van der Waals surface area contributed by atoms with Gasteiger partial charge in [0.2, 0.25) is 5.91 Å². The van der Waals surface area contributed by atoms with Crippen LogP contribution in [0.2, 0.25) is 0 Å². The molecule has 0 aliphatic carbocycles. The first-order chi connectivity index (χ1) is 9.29. The fourth-order valence-electron chi connectivity index (χ4n) is 1.62. The molecule has 1 aromatic carbocycles. The fourth-order valence-corrected chi connectivity index (χ4v) is 1.62. The molecule has 0 fully saturated rings. The molecule has 104 valence electrons. The smallest absolute Gasteiger partial charge is 0.366 e. The molecule has 2 N–H and O–H groups in total. The lowest BCUT2D eigenvalue weighted by atomic mass is 10.1. The minimum atomic E-state index is -4.68. The lowest BCUT2D eigenvalue weighted by Crippen LogP contribution is -2.11. The van der Waals surface area contributed by atoms with Crippen LogP contribution < -0.4 is 5.73 Å². The van der Waals surface area contributed by atoms with E-state index in [0.29, 0.717) is 12.1 Å². The van der Waals surface area contributed by atoms with E-state index in [0.717, 1.165) is 0 Å². The number of hydrogen-bond donors (Lipinski definition) is 1. The number of halogens is 4. The summed E-state index contributed by atoms with van der Waals surface area (Å²) in [6.07, 6.45) is -4.68. The minimum Gasteiger partial charge on any atom is -0.366 e. The van der Waals surface area contributed by atoms with Crippen LogP contribution in [0.3, 0.4) is 0 Å². The van der Waals surface area contributed by atoms with Crippen molar-refractivity contribution in [3.63, 3.8) is 0 Å². The van der Waals surface area contributed by atoms with Gasteiger partial charge in [-0.3, -0.25) is 4.79 Å². The third-order valence-electron chi connectivity index (χ3n) is 2.56. The average Bonchev–Trinajstić information content (AvgIpc) is 2.38. The average molecular weight is 284 g/mol. The molecule has 0 aliphatic rings. The van der Waals surface area contributed by atoms with E-state index in [4.69, 9.17) is 5.73 Å². The van der Waals surface area contributed by atoms with Gasteiger partial charge in [-0.15, -0.1) is 0 Å². The second kappa shape index (κ2) is 4.92. The summed E-state index contributed by atoms with van der Waals surface area (Å²) in [5, 5.41) is 0. The van der Waals surface area contributed by atoms with Gasteiger partial charge in [0.05, 0.1) is 0 Å². The van der Waals surface area contributed by atoms with Crippen molar-refractivity contribution in [2.45, 2.75) is 6.18 Å². The molecule has 0 saturated carbocycles. The Labute approximate surface area is 111 Å². The van der Waals surface area contributed by atoms with Crippen molar-refractivity contribution in [2.75, 3.05) is 0 Å². The van der Waals surface area contributed by atoms with E-state index in [1.165, 1.54) is 24.3 Å². The minimum absolute atomic E-state index is 0.0462. The summed E-state index contributed by atoms with van der Waals surface area (Å²) in [6, 6.07) is 6.53. The summed E-state index contributed by atoms with van der Waals surface area (Å²) in [5.41, 5.74) is 3.47. The van der Waals surface area contributed by atoms with Gasteiger partial charge >= 0.3 is 6.18 Å². The number of pyridine rings is 1. The maximum Gasteiger partial charge on any atom is 0.433 e. The molecule has 1 heterocycles. The summed E-state index contributed by atoms with van der Waals surface area (Å²) in [6.45, 7) is 0. The Morgan fingerprint density at radius 3 is 2.45 bits per heavy atom. The maximum absolute atomic E-state index is 13.6. The number of hydrogen-bond acceptors (Lipinski definition) is 2. The van der Waals surface area contributed by atoms with E-state index in [-0.39, 0.29) is 11.1 Å². The zero-order chi connectivity index (χ0) is 14.9. The molecular weight excluding hydrogens is 276 g/mol. The Morgan fingerprint density at radius 1 is 1.15 bits per heavy atom. The van der Waals surface area contributed by atoms with E-state index in [1.807, 2.05) is 0 Å². The van der Waals surface area contributed by atoms with Crippen LogP contribution in [-0.4, -0.2) is 10.9 Å². The van der Waals surface area contributed by atoms with Crippen molar-refractivity contribution in [3.8, 4) is 11.3 Å². The van der Waals surface area contributed by atoms with Gasteiger partial charge in [0.1, 0.15) is 17.2 Å². The number of primary amides is 1. The van der Waals surface area contributed by atoms with Gasteiger partial charge in [-0.2, -0.15) is 13.2 Å². The Hall–Kier alpha value is -2.44. The van der Waals surface area contributed by atoms with Crippen LogP contribution in [0.1, 0.15) is 16.1 Å². The molecular formula is C13H8F4N2O. The van der Waals surface area contributed by atoms with Crippen LogP contribution >= 0.6 is 0 Å². The van der Waals surface area contributed by atoms with E-state index in [9.17, 15) is 22.4 Å². The lowest BCUT2D eigenvalue weighted by molar-refractivity contribution is -0.141. The second-order valence-corrected chi connectivity index (χ2v) is 3.97. The zero-order valence-electron chi connectivity index (χ0n) is 9.91. The van der Waals surface area contributed by atoms with E-state index in [2.05, 4.69) is 4.98 Å². The maximum atomic E-state index is 13.6. The molecule has 0 spiro atoms. The largest absolute Gasteiger partial charge is 0.433 e. The summed E-state index contributed by atoms with van der Waals surface area (Å²) >= 11 is 0. The molecule has 0 atom stereocenters. The fraction of sp³-hybridized carbons (Fsp3) is 0.0769. The van der Waals surface area contributed by atoms with Crippen LogP contribution in [0.25, 0.3) is 11.3 Å². The van der Waals surface area contributed by atoms with Gasteiger partial charge in [-0.05, 0) is 24.3 Å². The Kier molecular flexibility index (Phi) is 3.44. The molecule has 3 nitrogen and oxygen atoms in total. The SMILES string of the molecule is NC(=O)c1cccc(-c2nc(C(F)(F)F)ccc2F)c1. The van der Waals surface area contributed by atoms with Crippen LogP contribution in [0, 0.1) is 5.82 Å². The van der Waals surface area contributed by atoms with Crippen molar-refractivity contribution in [1.82, 2.24) is 4.98 Å². The molecule has 0 bridgehead atoms. The van der Waals surface area contributed by atoms with E-state index < -0.39 is 29.3 Å². The summed E-state index contributed by atoms with van der Waals surface area (Å²) in [4.78, 5) is 14.3. The standard InChI is InChI=1S/C13H8F4N2O/c14-9-4-5-10(13(15,16)17)19-11(9)7-2-1-3-8(6-7)12(18)20/h1-6H,(H2,18,20). The van der Waals surface area contributed by atoms with Gasteiger partial charge in [0, 0.05) is 11.1 Å². The highest BCUT2D eigenvalue weighted by Gasteiger charge is 2.33. The number of aromatic nitrogens is 1. The second-order valence-electron chi connectivity index (χ2n) is 3.97. The molecule has 0 saturated heterocycles. The first-order valence-corrected chi connectivity index (χ1v) is 5.43. The van der Waals surface area contributed by atoms with Gasteiger partial charge in [-0.25, -0.2) is 9.37 Å². The predicted octanol–water partition coefficient (Wildman–Crippen LogP) is 3.01. The van der Waals surface area contributed by atoms with Crippen LogP contribution in [0.5, 0.6) is 0 Å². The van der Waals surface area contributed by atoms with Crippen molar-refractivity contribution in [2.24, 2.45) is 5.73 Å². The highest BCUT2D eigenvalue weighted by Crippen LogP contribution is 2.30. The number of alkyl halides is 3. The van der Waals surface area contributed by atoms with Crippen molar-refractivity contribution >= 4 is 5.91 Å². The number of carbonyl (C=O) groups is 1. The molecule has 7 heteroatoms. The highest BCUT2D eigenvalue weighted by molar-refractivity contribution is 5.94. The van der Waals surface area contributed by atoms with Crippen molar-refractivity contribution in [3.05, 3.63) is 53.5 Å². The summed E-state index contributed by atoms with van der Waals surface area (Å²) in [5.74, 6) is -1.68. The number of amides is 1. The molecule has 0 radical (unpaired) electrons. The molecule has 1 amide bonds. The Morgan fingerprint density at radius 2 is 1.85 bits per heavy atom. The number of carbonyl (C=O) groups excluding carboxylic acids is 1. The molecule has 0 aliphatic heterocycles. The summed E-state index contributed by atoms with van der Waals surface area (Å²) < 4.78 is 51.3. The molecule has 2 aromatic rings. The number of nitrogens with zero attached hydrogens (tertiary/aromatic N) is 1. The topological polar surface area (TPSA) is 56.0 Å². The van der Waals surface area contributed by atoms with E-state index >= 15 is 0 Å². The van der Waals surface area contributed by atoms with Gasteiger partial charge in [-0.1, -0.05) is 12.1 Å². The first kappa shape index (κ1) is 14.0. The zero-order valence-corrected chi connectivity index (χ0v) is 9.91. The third kappa shape index (κ3) is 2.76. The Bertz CT molecular complexity index is 668. The van der Waals surface area contributed by atoms with Gasteiger partial charge < -0.3 is 5.73 Å². The lowest BCUT2D eigenvalue weighted by Gasteiger charge is -2.09. The van der Waals surface area contributed by atoms with Crippen LogP contribution in [0.15, 0.2) is 36.4 Å². The van der Waals surface area contributed by atoms with Crippen molar-refractivity contribution in [1.29, 1.82) is 0 Å². The number of benzene rings is 1. The highest BCUT2D eigenvalue weighted by atomic mass is 19.4. The van der Waals surface area contributed by atoms with E-state index in [1.54, 1.807) is 0 Å². The first-order valence-electron chi connectivity index (χ1n) is 5.43. The Balaban J connectivity index is 2.57. The quantitative estimate of drug-likeness (QED) is 0.862. The monoisotopic (exact) mass is 284 g/mol. The van der Waals surface area contributed by atoms with Crippen LogP contribution in [0.4, 0.5) is 17.6 Å². The van der Waals surface area contributed by atoms with Gasteiger partial charge in [0.15, 0.2) is 0 Å². The molecule has 2 rings (SSSR count).